The third-order valence-corrected chi connectivity index (χ3v) is 5.58. The molecule has 34 heavy (non-hydrogen) atoms. The summed E-state index contributed by atoms with van der Waals surface area (Å²) in [6, 6.07) is 22.6. The number of urea groups is 1. The molecular formula is C25H20F3N3O3. The summed E-state index contributed by atoms with van der Waals surface area (Å²) in [6.07, 6.45) is -5.12. The molecule has 4 rings (SSSR count). The topological polar surface area (TPSA) is 69.7 Å². The van der Waals surface area contributed by atoms with Gasteiger partial charge in [-0.2, -0.15) is 13.2 Å². The molecule has 1 saturated heterocycles. The van der Waals surface area contributed by atoms with Crippen molar-refractivity contribution in [3.05, 3.63) is 102 Å². The second-order valence-electron chi connectivity index (χ2n) is 7.74. The highest BCUT2D eigenvalue weighted by Crippen LogP contribution is 2.43. The van der Waals surface area contributed by atoms with Gasteiger partial charge >= 0.3 is 12.2 Å². The first-order valence-electron chi connectivity index (χ1n) is 10.4. The summed E-state index contributed by atoms with van der Waals surface area (Å²) in [7, 11) is 0. The lowest BCUT2D eigenvalue weighted by molar-refractivity contribution is -0.198. The number of nitrogens with zero attached hydrogens (tertiary/aromatic N) is 2. The summed E-state index contributed by atoms with van der Waals surface area (Å²) >= 11 is 0. The van der Waals surface area contributed by atoms with Gasteiger partial charge in [0.1, 0.15) is 6.54 Å². The van der Waals surface area contributed by atoms with Crippen molar-refractivity contribution < 1.29 is 27.6 Å². The van der Waals surface area contributed by atoms with Crippen LogP contribution in [-0.4, -0.2) is 35.5 Å². The van der Waals surface area contributed by atoms with Crippen LogP contribution in [0, 0.1) is 0 Å². The zero-order valence-corrected chi connectivity index (χ0v) is 17.8. The molecule has 174 valence electrons. The van der Waals surface area contributed by atoms with Crippen molar-refractivity contribution in [2.24, 2.45) is 0 Å². The molecule has 0 aromatic heterocycles. The van der Waals surface area contributed by atoms with Gasteiger partial charge in [0.25, 0.3) is 5.91 Å². The third-order valence-electron chi connectivity index (χ3n) is 5.58. The fraction of sp³-hybridized carbons (Fsp3) is 0.160. The lowest BCUT2D eigenvalue weighted by Gasteiger charge is -2.30. The first kappa shape index (κ1) is 23.0. The van der Waals surface area contributed by atoms with Gasteiger partial charge in [0.05, 0.1) is 6.54 Å². The molecule has 1 aliphatic rings. The quantitative estimate of drug-likeness (QED) is 0.552. The Balaban J connectivity index is 1.65. The molecule has 1 atom stereocenters. The summed E-state index contributed by atoms with van der Waals surface area (Å²) in [5.41, 5.74) is -2.44. The van der Waals surface area contributed by atoms with E-state index in [1.807, 2.05) is 6.07 Å². The molecular weight excluding hydrogens is 447 g/mol. The molecule has 0 spiro atoms. The number of rotatable bonds is 6. The van der Waals surface area contributed by atoms with E-state index < -0.39 is 41.7 Å². The Kier molecular flexibility index (Phi) is 6.10. The van der Waals surface area contributed by atoms with Crippen LogP contribution < -0.4 is 10.2 Å². The van der Waals surface area contributed by atoms with Gasteiger partial charge in [-0.25, -0.2) is 4.79 Å². The van der Waals surface area contributed by atoms with E-state index in [0.29, 0.717) is 10.6 Å². The molecule has 1 fully saturated rings. The van der Waals surface area contributed by atoms with Gasteiger partial charge in [-0.3, -0.25) is 14.5 Å². The van der Waals surface area contributed by atoms with E-state index in [9.17, 15) is 27.6 Å². The number of amides is 4. The average Bonchev–Trinajstić information content (AvgIpc) is 3.10. The number of halogens is 3. The lowest BCUT2D eigenvalue weighted by atomic mass is 9.89. The van der Waals surface area contributed by atoms with E-state index in [-0.39, 0.29) is 6.54 Å². The molecule has 9 heteroatoms. The standard InChI is InChI=1S/C25H20F3N3O3/c26-25(27,28)24(19-12-6-2-7-13-19)22(33)31(23(34)29-24)17-21(32)30(20-14-8-3-9-15-20)16-18-10-4-1-5-11-18/h1-15H,16-17H2,(H,29,34). The summed E-state index contributed by atoms with van der Waals surface area (Å²) in [5.74, 6) is -2.25. The van der Waals surface area contributed by atoms with Crippen molar-refractivity contribution in [1.29, 1.82) is 0 Å². The highest BCUT2D eigenvalue weighted by atomic mass is 19.4. The van der Waals surface area contributed by atoms with E-state index >= 15 is 0 Å². The monoisotopic (exact) mass is 467 g/mol. The highest BCUT2D eigenvalue weighted by Gasteiger charge is 2.68. The fourth-order valence-corrected chi connectivity index (χ4v) is 3.88. The molecule has 1 N–H and O–H groups in total. The van der Waals surface area contributed by atoms with Crippen LogP contribution in [0.15, 0.2) is 91.0 Å². The minimum atomic E-state index is -5.12. The third kappa shape index (κ3) is 4.12. The van der Waals surface area contributed by atoms with Crippen LogP contribution in [0.2, 0.25) is 0 Å². The first-order valence-corrected chi connectivity index (χ1v) is 10.4. The maximum absolute atomic E-state index is 14.2. The molecule has 4 amide bonds. The Morgan fingerprint density at radius 3 is 1.94 bits per heavy atom. The van der Waals surface area contributed by atoms with Gasteiger partial charge in [-0.15, -0.1) is 0 Å². The maximum atomic E-state index is 14.2. The van der Waals surface area contributed by atoms with Crippen molar-refractivity contribution in [2.45, 2.75) is 18.3 Å². The molecule has 0 aliphatic carbocycles. The predicted molar refractivity (Wildman–Crippen MR) is 118 cm³/mol. The minimum Gasteiger partial charge on any atom is -0.312 e. The Hall–Kier alpha value is -4.14. The van der Waals surface area contributed by atoms with E-state index in [0.717, 1.165) is 17.7 Å². The average molecular weight is 467 g/mol. The van der Waals surface area contributed by atoms with Crippen molar-refractivity contribution in [2.75, 3.05) is 11.4 Å². The van der Waals surface area contributed by atoms with Crippen LogP contribution in [0.4, 0.5) is 23.7 Å². The van der Waals surface area contributed by atoms with Gasteiger partial charge in [0.15, 0.2) is 0 Å². The van der Waals surface area contributed by atoms with Gasteiger partial charge in [-0.1, -0.05) is 78.9 Å². The number of alkyl halides is 3. The van der Waals surface area contributed by atoms with Crippen molar-refractivity contribution in [3.8, 4) is 0 Å². The second-order valence-corrected chi connectivity index (χ2v) is 7.74. The lowest BCUT2D eigenvalue weighted by Crippen LogP contribution is -2.56. The molecule has 6 nitrogen and oxygen atoms in total. The summed E-state index contributed by atoms with van der Waals surface area (Å²) in [5, 5.41) is 1.80. The Morgan fingerprint density at radius 1 is 0.853 bits per heavy atom. The van der Waals surface area contributed by atoms with Crippen LogP contribution in [0.1, 0.15) is 11.1 Å². The molecule has 1 aliphatic heterocycles. The molecule has 1 unspecified atom stereocenters. The van der Waals surface area contributed by atoms with Crippen molar-refractivity contribution >= 4 is 23.5 Å². The fourth-order valence-electron chi connectivity index (χ4n) is 3.88. The van der Waals surface area contributed by atoms with Crippen molar-refractivity contribution in [1.82, 2.24) is 10.2 Å². The zero-order valence-electron chi connectivity index (χ0n) is 17.8. The Bertz CT molecular complexity index is 1190. The molecule has 0 saturated carbocycles. The van der Waals surface area contributed by atoms with Gasteiger partial charge in [0.2, 0.25) is 11.4 Å². The van der Waals surface area contributed by atoms with E-state index in [2.05, 4.69) is 0 Å². The number of carbonyl (C=O) groups is 3. The van der Waals surface area contributed by atoms with E-state index in [1.165, 1.54) is 23.1 Å². The summed E-state index contributed by atoms with van der Waals surface area (Å²) in [6.45, 7) is -0.743. The van der Waals surface area contributed by atoms with Crippen LogP contribution in [-0.2, 0) is 21.7 Å². The van der Waals surface area contributed by atoms with Gasteiger partial charge in [0, 0.05) is 5.69 Å². The highest BCUT2D eigenvalue weighted by molar-refractivity contribution is 6.11. The number of para-hydroxylation sites is 1. The van der Waals surface area contributed by atoms with Gasteiger partial charge < -0.3 is 10.2 Å². The van der Waals surface area contributed by atoms with Crippen LogP contribution in [0.3, 0.4) is 0 Å². The van der Waals surface area contributed by atoms with Crippen LogP contribution >= 0.6 is 0 Å². The number of imide groups is 1. The van der Waals surface area contributed by atoms with E-state index in [4.69, 9.17) is 0 Å². The predicted octanol–water partition coefficient (Wildman–Crippen LogP) is 4.23. The normalized spacial score (nSPS) is 18.0. The smallest absolute Gasteiger partial charge is 0.312 e. The molecule has 0 bridgehead atoms. The second kappa shape index (κ2) is 9.01. The number of anilines is 1. The number of nitrogens with one attached hydrogen (secondary N) is 1. The molecule has 1 heterocycles. The molecule has 3 aromatic rings. The van der Waals surface area contributed by atoms with Crippen LogP contribution in [0.25, 0.3) is 0 Å². The number of benzene rings is 3. The minimum absolute atomic E-state index is 0.108. The Morgan fingerprint density at radius 2 is 1.38 bits per heavy atom. The first-order chi connectivity index (χ1) is 16.2. The van der Waals surface area contributed by atoms with Crippen molar-refractivity contribution in [3.63, 3.8) is 0 Å². The summed E-state index contributed by atoms with van der Waals surface area (Å²) < 4.78 is 42.6. The maximum Gasteiger partial charge on any atom is 0.425 e. The van der Waals surface area contributed by atoms with Gasteiger partial charge in [-0.05, 0) is 23.3 Å². The van der Waals surface area contributed by atoms with E-state index in [1.54, 1.807) is 59.9 Å². The SMILES string of the molecule is O=C1NC(c2ccccc2)(C(F)(F)F)C(=O)N1CC(=O)N(Cc1ccccc1)c1ccccc1. The number of hydrogen-bond donors (Lipinski definition) is 1. The largest absolute Gasteiger partial charge is 0.425 e. The Labute approximate surface area is 193 Å². The number of carbonyl (C=O) groups excluding carboxylic acids is 3. The molecule has 0 radical (unpaired) electrons. The summed E-state index contributed by atoms with van der Waals surface area (Å²) in [4.78, 5) is 40.6. The number of hydrogen-bond acceptors (Lipinski definition) is 3. The molecule has 3 aromatic carbocycles. The zero-order chi connectivity index (χ0) is 24.3. The van der Waals surface area contributed by atoms with Crippen LogP contribution in [0.5, 0.6) is 0 Å².